The molecule has 1 aromatic carbocycles. The van der Waals surface area contributed by atoms with Gasteiger partial charge in [-0.05, 0) is 25.5 Å². The molecule has 0 aliphatic rings. The van der Waals surface area contributed by atoms with Crippen LogP contribution in [0.25, 0.3) is 0 Å². The Morgan fingerprint density at radius 1 is 1.09 bits per heavy atom. The quantitative estimate of drug-likeness (QED) is 0.899. The molecule has 0 saturated heterocycles. The lowest BCUT2D eigenvalue weighted by Gasteiger charge is -2.09. The monoisotopic (exact) mass is 302 g/mol. The van der Waals surface area contributed by atoms with Crippen LogP contribution >= 0.6 is 0 Å². The highest BCUT2D eigenvalue weighted by atomic mass is 16.5. The SMILES string of the molecule is COc1nc(CNC(=O)c2ccc(C)cc2C)nc(OC)n1. The molecule has 116 valence electrons. The summed E-state index contributed by atoms with van der Waals surface area (Å²) in [4.78, 5) is 24.2. The third-order valence-electron chi connectivity index (χ3n) is 3.04. The van der Waals surface area contributed by atoms with Crippen molar-refractivity contribution in [3.8, 4) is 12.0 Å². The van der Waals surface area contributed by atoms with Gasteiger partial charge < -0.3 is 14.8 Å². The fraction of sp³-hybridized carbons (Fsp3) is 0.333. The van der Waals surface area contributed by atoms with Crippen LogP contribution in [0, 0.1) is 13.8 Å². The molecule has 0 aliphatic carbocycles. The summed E-state index contributed by atoms with van der Waals surface area (Å²) >= 11 is 0. The molecule has 2 rings (SSSR count). The second kappa shape index (κ2) is 6.84. The number of hydrogen-bond donors (Lipinski definition) is 1. The molecule has 1 amide bonds. The van der Waals surface area contributed by atoms with Crippen molar-refractivity contribution < 1.29 is 14.3 Å². The summed E-state index contributed by atoms with van der Waals surface area (Å²) in [5.74, 6) is 0.178. The van der Waals surface area contributed by atoms with Crippen LogP contribution < -0.4 is 14.8 Å². The van der Waals surface area contributed by atoms with Gasteiger partial charge in [-0.3, -0.25) is 4.79 Å². The lowest BCUT2D eigenvalue weighted by atomic mass is 10.1. The van der Waals surface area contributed by atoms with Gasteiger partial charge in [0.15, 0.2) is 5.82 Å². The van der Waals surface area contributed by atoms with Gasteiger partial charge >= 0.3 is 12.0 Å². The topological polar surface area (TPSA) is 86.2 Å². The average molecular weight is 302 g/mol. The van der Waals surface area contributed by atoms with Gasteiger partial charge in [0.2, 0.25) is 0 Å². The van der Waals surface area contributed by atoms with Crippen molar-refractivity contribution in [1.29, 1.82) is 0 Å². The molecule has 7 nitrogen and oxygen atoms in total. The first kappa shape index (κ1) is 15.7. The van der Waals surface area contributed by atoms with E-state index in [9.17, 15) is 4.79 Å². The molecule has 7 heteroatoms. The zero-order chi connectivity index (χ0) is 16.1. The molecule has 0 fully saturated rings. The van der Waals surface area contributed by atoms with Crippen LogP contribution in [0.4, 0.5) is 0 Å². The highest BCUT2D eigenvalue weighted by Gasteiger charge is 2.11. The number of aromatic nitrogens is 3. The average Bonchev–Trinajstić information content (AvgIpc) is 2.52. The van der Waals surface area contributed by atoms with E-state index in [-0.39, 0.29) is 24.5 Å². The second-order valence-corrected chi connectivity index (χ2v) is 4.73. The number of ether oxygens (including phenoxy) is 2. The molecule has 2 aromatic rings. The van der Waals surface area contributed by atoms with Crippen molar-refractivity contribution in [3.63, 3.8) is 0 Å². The first-order valence-electron chi connectivity index (χ1n) is 6.72. The Morgan fingerprint density at radius 3 is 2.27 bits per heavy atom. The molecule has 1 aromatic heterocycles. The molecule has 1 heterocycles. The summed E-state index contributed by atoms with van der Waals surface area (Å²) in [6, 6.07) is 5.94. The van der Waals surface area contributed by atoms with E-state index in [0.29, 0.717) is 11.4 Å². The van der Waals surface area contributed by atoms with Crippen LogP contribution in [0.1, 0.15) is 27.3 Å². The molecular formula is C15H18N4O3. The van der Waals surface area contributed by atoms with Gasteiger partial charge in [0.25, 0.3) is 5.91 Å². The molecule has 0 spiro atoms. The van der Waals surface area contributed by atoms with Crippen LogP contribution in [0.3, 0.4) is 0 Å². The van der Waals surface area contributed by atoms with Gasteiger partial charge in [0.05, 0.1) is 20.8 Å². The zero-order valence-electron chi connectivity index (χ0n) is 13.0. The lowest BCUT2D eigenvalue weighted by molar-refractivity contribution is 0.0949. The molecule has 0 radical (unpaired) electrons. The smallest absolute Gasteiger partial charge is 0.322 e. The maximum Gasteiger partial charge on any atom is 0.322 e. The number of amides is 1. The maximum atomic E-state index is 12.2. The number of carbonyl (C=O) groups excluding carboxylic acids is 1. The second-order valence-electron chi connectivity index (χ2n) is 4.73. The van der Waals surface area contributed by atoms with E-state index in [1.807, 2.05) is 26.0 Å². The Hall–Kier alpha value is -2.70. The summed E-state index contributed by atoms with van der Waals surface area (Å²) < 4.78 is 9.93. The third kappa shape index (κ3) is 3.69. The third-order valence-corrected chi connectivity index (χ3v) is 3.04. The van der Waals surface area contributed by atoms with Gasteiger partial charge in [0, 0.05) is 5.56 Å². The first-order valence-corrected chi connectivity index (χ1v) is 6.72. The van der Waals surface area contributed by atoms with E-state index >= 15 is 0 Å². The number of benzene rings is 1. The molecular weight excluding hydrogens is 284 g/mol. The minimum Gasteiger partial charge on any atom is -0.467 e. The van der Waals surface area contributed by atoms with Crippen molar-refractivity contribution in [1.82, 2.24) is 20.3 Å². The number of carbonyl (C=O) groups is 1. The van der Waals surface area contributed by atoms with Crippen molar-refractivity contribution >= 4 is 5.91 Å². The van der Waals surface area contributed by atoms with E-state index in [0.717, 1.165) is 11.1 Å². The molecule has 22 heavy (non-hydrogen) atoms. The predicted octanol–water partition coefficient (Wildman–Crippen LogP) is 1.44. The minimum absolute atomic E-state index is 0.141. The maximum absolute atomic E-state index is 12.2. The number of nitrogens with zero attached hydrogens (tertiary/aromatic N) is 3. The van der Waals surface area contributed by atoms with Gasteiger partial charge in [-0.25, -0.2) is 0 Å². The zero-order valence-corrected chi connectivity index (χ0v) is 13.0. The summed E-state index contributed by atoms with van der Waals surface area (Å²) in [7, 11) is 2.90. The summed E-state index contributed by atoms with van der Waals surface area (Å²) in [5, 5.41) is 2.78. The Labute approximate surface area is 128 Å². The fourth-order valence-corrected chi connectivity index (χ4v) is 1.96. The van der Waals surface area contributed by atoms with E-state index in [4.69, 9.17) is 9.47 Å². The largest absolute Gasteiger partial charge is 0.467 e. The van der Waals surface area contributed by atoms with Gasteiger partial charge in [-0.2, -0.15) is 9.97 Å². The van der Waals surface area contributed by atoms with Crippen LogP contribution in [0.15, 0.2) is 18.2 Å². The molecule has 1 N–H and O–H groups in total. The fourth-order valence-electron chi connectivity index (χ4n) is 1.96. The lowest BCUT2D eigenvalue weighted by Crippen LogP contribution is -2.25. The van der Waals surface area contributed by atoms with E-state index in [1.165, 1.54) is 14.2 Å². The van der Waals surface area contributed by atoms with Crippen molar-refractivity contribution in [2.24, 2.45) is 0 Å². The van der Waals surface area contributed by atoms with Crippen LogP contribution in [0.5, 0.6) is 12.0 Å². The van der Waals surface area contributed by atoms with Gasteiger partial charge in [-0.15, -0.1) is 4.98 Å². The van der Waals surface area contributed by atoms with Crippen LogP contribution in [-0.2, 0) is 6.54 Å². The predicted molar refractivity (Wildman–Crippen MR) is 80.0 cm³/mol. The summed E-state index contributed by atoms with van der Waals surface area (Å²) in [6.07, 6.45) is 0. The van der Waals surface area contributed by atoms with Gasteiger partial charge in [0.1, 0.15) is 0 Å². The highest BCUT2D eigenvalue weighted by molar-refractivity contribution is 5.95. The normalized spacial score (nSPS) is 10.2. The number of methoxy groups -OCH3 is 2. The molecule has 0 bridgehead atoms. The Morgan fingerprint density at radius 2 is 1.73 bits per heavy atom. The number of rotatable bonds is 5. The van der Waals surface area contributed by atoms with Crippen molar-refractivity contribution in [2.45, 2.75) is 20.4 Å². The summed E-state index contributed by atoms with van der Waals surface area (Å²) in [6.45, 7) is 4.04. The summed E-state index contributed by atoms with van der Waals surface area (Å²) in [5.41, 5.74) is 2.66. The Balaban J connectivity index is 2.10. The van der Waals surface area contributed by atoms with E-state index in [1.54, 1.807) is 6.07 Å². The molecule has 0 atom stereocenters. The number of aryl methyl sites for hydroxylation is 2. The standard InChI is InChI=1S/C15H18N4O3/c1-9-5-6-11(10(2)7-9)13(20)16-8-12-17-14(21-3)19-15(18-12)22-4/h5-7H,8H2,1-4H3,(H,16,20). The molecule has 0 saturated carbocycles. The highest BCUT2D eigenvalue weighted by Crippen LogP contribution is 2.11. The van der Waals surface area contributed by atoms with Crippen molar-refractivity contribution in [3.05, 3.63) is 40.7 Å². The Bertz CT molecular complexity index is 666. The van der Waals surface area contributed by atoms with E-state index in [2.05, 4.69) is 20.3 Å². The van der Waals surface area contributed by atoms with Crippen LogP contribution in [-0.4, -0.2) is 35.1 Å². The molecule has 0 unspecified atom stereocenters. The molecule has 0 aliphatic heterocycles. The minimum atomic E-state index is -0.184. The van der Waals surface area contributed by atoms with Gasteiger partial charge in [-0.1, -0.05) is 17.7 Å². The van der Waals surface area contributed by atoms with Crippen LogP contribution in [0.2, 0.25) is 0 Å². The Kier molecular flexibility index (Phi) is 4.88. The first-order chi connectivity index (χ1) is 10.5. The van der Waals surface area contributed by atoms with E-state index < -0.39 is 0 Å². The number of hydrogen-bond acceptors (Lipinski definition) is 6. The van der Waals surface area contributed by atoms with Crippen molar-refractivity contribution in [2.75, 3.05) is 14.2 Å². The number of nitrogens with one attached hydrogen (secondary N) is 1.